The third kappa shape index (κ3) is 4.39. The van der Waals surface area contributed by atoms with E-state index in [4.69, 9.17) is 14.2 Å². The smallest absolute Gasteiger partial charge is 0.336 e. The Balaban J connectivity index is 1.63. The van der Waals surface area contributed by atoms with Crippen LogP contribution in [0.4, 0.5) is 5.69 Å². The Morgan fingerprint density at radius 1 is 0.844 bits per heavy atom. The second-order valence-electron chi connectivity index (χ2n) is 6.80. The molecule has 0 unspecified atom stereocenters. The van der Waals surface area contributed by atoms with E-state index in [2.05, 4.69) is 15.4 Å². The number of methoxy groups -OCH3 is 3. The predicted octanol–water partition coefficient (Wildman–Crippen LogP) is 4.21. The van der Waals surface area contributed by atoms with E-state index in [1.165, 1.54) is 7.11 Å². The van der Waals surface area contributed by atoms with Crippen molar-refractivity contribution in [2.75, 3.05) is 26.6 Å². The van der Waals surface area contributed by atoms with E-state index in [1.54, 1.807) is 43.2 Å². The SMILES string of the molecule is COc1ccc(C(=O)Nc2cccc(-n3nc(OC)nc3-c3ccc(OC)cc3)c2)cc1. The van der Waals surface area contributed by atoms with Gasteiger partial charge >= 0.3 is 6.01 Å². The number of anilines is 1. The lowest BCUT2D eigenvalue weighted by Gasteiger charge is -2.10. The summed E-state index contributed by atoms with van der Waals surface area (Å²) in [7, 11) is 4.72. The number of aromatic nitrogens is 3. The van der Waals surface area contributed by atoms with Gasteiger partial charge < -0.3 is 19.5 Å². The van der Waals surface area contributed by atoms with Gasteiger partial charge in [-0.05, 0) is 66.7 Å². The molecule has 162 valence electrons. The lowest BCUT2D eigenvalue weighted by atomic mass is 10.2. The van der Waals surface area contributed by atoms with Crippen molar-refractivity contribution < 1.29 is 19.0 Å². The van der Waals surface area contributed by atoms with E-state index >= 15 is 0 Å². The summed E-state index contributed by atoms with van der Waals surface area (Å²) in [6, 6.07) is 22.0. The average molecular weight is 430 g/mol. The molecule has 0 fully saturated rings. The quantitative estimate of drug-likeness (QED) is 0.473. The van der Waals surface area contributed by atoms with Crippen LogP contribution in [0.5, 0.6) is 17.5 Å². The molecule has 8 nitrogen and oxygen atoms in total. The van der Waals surface area contributed by atoms with Crippen molar-refractivity contribution in [2.45, 2.75) is 0 Å². The molecule has 0 saturated carbocycles. The molecule has 4 rings (SSSR count). The van der Waals surface area contributed by atoms with E-state index in [1.807, 2.05) is 48.5 Å². The van der Waals surface area contributed by atoms with Crippen LogP contribution in [-0.4, -0.2) is 42.0 Å². The fraction of sp³-hybridized carbons (Fsp3) is 0.125. The molecule has 0 saturated heterocycles. The Labute approximate surface area is 185 Å². The summed E-state index contributed by atoms with van der Waals surface area (Å²) in [6.45, 7) is 0. The summed E-state index contributed by atoms with van der Waals surface area (Å²) in [4.78, 5) is 17.1. The minimum atomic E-state index is -0.226. The van der Waals surface area contributed by atoms with Gasteiger partial charge in [0, 0.05) is 16.8 Å². The molecule has 0 aliphatic rings. The number of amides is 1. The van der Waals surface area contributed by atoms with Gasteiger partial charge in [-0.2, -0.15) is 4.98 Å². The first-order valence-electron chi connectivity index (χ1n) is 9.82. The van der Waals surface area contributed by atoms with Gasteiger partial charge in [-0.15, -0.1) is 5.10 Å². The first kappa shape index (κ1) is 20.9. The van der Waals surface area contributed by atoms with Gasteiger partial charge in [0.1, 0.15) is 11.5 Å². The molecule has 0 aliphatic carbocycles. The molecule has 1 N–H and O–H groups in total. The number of benzene rings is 3. The molecule has 4 aromatic rings. The summed E-state index contributed by atoms with van der Waals surface area (Å²) in [6.07, 6.45) is 0. The van der Waals surface area contributed by atoms with E-state index in [0.717, 1.165) is 17.0 Å². The lowest BCUT2D eigenvalue weighted by Crippen LogP contribution is -2.12. The highest BCUT2D eigenvalue weighted by Crippen LogP contribution is 2.26. The van der Waals surface area contributed by atoms with Crippen LogP contribution in [0.3, 0.4) is 0 Å². The highest BCUT2D eigenvalue weighted by Gasteiger charge is 2.15. The topological polar surface area (TPSA) is 87.5 Å². The molecular weight excluding hydrogens is 408 g/mol. The van der Waals surface area contributed by atoms with Gasteiger partial charge in [0.05, 0.1) is 27.0 Å². The maximum absolute atomic E-state index is 12.6. The van der Waals surface area contributed by atoms with Crippen molar-refractivity contribution in [3.63, 3.8) is 0 Å². The van der Waals surface area contributed by atoms with Crippen LogP contribution in [-0.2, 0) is 0 Å². The summed E-state index contributed by atoms with van der Waals surface area (Å²) >= 11 is 0. The van der Waals surface area contributed by atoms with Crippen molar-refractivity contribution in [1.82, 2.24) is 14.8 Å². The first-order chi connectivity index (χ1) is 15.6. The largest absolute Gasteiger partial charge is 0.497 e. The van der Waals surface area contributed by atoms with Crippen molar-refractivity contribution in [3.8, 4) is 34.6 Å². The Morgan fingerprint density at radius 2 is 1.50 bits per heavy atom. The van der Waals surface area contributed by atoms with Gasteiger partial charge in [-0.3, -0.25) is 4.79 Å². The van der Waals surface area contributed by atoms with Crippen LogP contribution in [0.2, 0.25) is 0 Å². The second-order valence-corrected chi connectivity index (χ2v) is 6.80. The third-order valence-corrected chi connectivity index (χ3v) is 4.82. The molecule has 0 aliphatic heterocycles. The molecule has 0 spiro atoms. The van der Waals surface area contributed by atoms with Crippen molar-refractivity contribution in [3.05, 3.63) is 78.4 Å². The summed E-state index contributed by atoms with van der Waals surface area (Å²) < 4.78 is 17.3. The molecule has 0 bridgehead atoms. The fourth-order valence-electron chi connectivity index (χ4n) is 3.15. The zero-order valence-electron chi connectivity index (χ0n) is 17.9. The Hall–Kier alpha value is -4.33. The highest BCUT2D eigenvalue weighted by atomic mass is 16.5. The van der Waals surface area contributed by atoms with Crippen LogP contribution < -0.4 is 19.5 Å². The Morgan fingerprint density at radius 3 is 2.12 bits per heavy atom. The summed E-state index contributed by atoms with van der Waals surface area (Å²) in [5.74, 6) is 1.81. The second kappa shape index (κ2) is 9.22. The number of nitrogens with one attached hydrogen (secondary N) is 1. The Bertz CT molecular complexity index is 1220. The van der Waals surface area contributed by atoms with Crippen molar-refractivity contribution >= 4 is 11.6 Å². The molecule has 3 aromatic carbocycles. The van der Waals surface area contributed by atoms with Crippen LogP contribution in [0.25, 0.3) is 17.1 Å². The van der Waals surface area contributed by atoms with Gasteiger partial charge in [-0.1, -0.05) is 6.07 Å². The number of ether oxygens (including phenoxy) is 3. The maximum atomic E-state index is 12.6. The van der Waals surface area contributed by atoms with Gasteiger partial charge in [0.2, 0.25) is 0 Å². The van der Waals surface area contributed by atoms with E-state index < -0.39 is 0 Å². The zero-order valence-corrected chi connectivity index (χ0v) is 17.9. The summed E-state index contributed by atoms with van der Waals surface area (Å²) in [5.41, 5.74) is 2.71. The van der Waals surface area contributed by atoms with E-state index in [-0.39, 0.29) is 11.9 Å². The van der Waals surface area contributed by atoms with E-state index in [9.17, 15) is 4.79 Å². The van der Waals surface area contributed by atoms with Crippen molar-refractivity contribution in [1.29, 1.82) is 0 Å². The predicted molar refractivity (Wildman–Crippen MR) is 121 cm³/mol. The molecular formula is C24H22N4O4. The van der Waals surface area contributed by atoms with E-state index in [0.29, 0.717) is 22.8 Å². The zero-order chi connectivity index (χ0) is 22.5. The van der Waals surface area contributed by atoms with Crippen LogP contribution in [0.1, 0.15) is 10.4 Å². The average Bonchev–Trinajstić information content (AvgIpc) is 3.29. The summed E-state index contributed by atoms with van der Waals surface area (Å²) in [5, 5.41) is 7.35. The highest BCUT2D eigenvalue weighted by molar-refractivity contribution is 6.04. The molecule has 1 amide bonds. The number of nitrogens with zero attached hydrogens (tertiary/aromatic N) is 3. The molecule has 1 aromatic heterocycles. The number of rotatable bonds is 7. The molecule has 8 heteroatoms. The number of carbonyl (C=O) groups excluding carboxylic acids is 1. The monoisotopic (exact) mass is 430 g/mol. The fourth-order valence-corrected chi connectivity index (χ4v) is 3.15. The minimum Gasteiger partial charge on any atom is -0.497 e. The van der Waals surface area contributed by atoms with Crippen LogP contribution in [0.15, 0.2) is 72.8 Å². The third-order valence-electron chi connectivity index (χ3n) is 4.82. The first-order valence-corrected chi connectivity index (χ1v) is 9.82. The van der Waals surface area contributed by atoms with Gasteiger partial charge in [-0.25, -0.2) is 4.68 Å². The standard InChI is InChI=1S/C24H22N4O4/c1-30-20-11-7-16(8-12-20)22-26-24(32-3)27-28(22)19-6-4-5-18(15-19)25-23(29)17-9-13-21(31-2)14-10-17/h4-15H,1-3H3,(H,25,29). The normalized spacial score (nSPS) is 10.5. The number of carbonyl (C=O) groups is 1. The maximum Gasteiger partial charge on any atom is 0.336 e. The Kier molecular flexibility index (Phi) is 6.03. The van der Waals surface area contributed by atoms with Crippen LogP contribution in [0, 0.1) is 0 Å². The van der Waals surface area contributed by atoms with Gasteiger partial charge in [0.25, 0.3) is 5.91 Å². The van der Waals surface area contributed by atoms with Crippen molar-refractivity contribution in [2.24, 2.45) is 0 Å². The molecule has 0 atom stereocenters. The molecule has 0 radical (unpaired) electrons. The molecule has 1 heterocycles. The molecule has 32 heavy (non-hydrogen) atoms. The minimum absolute atomic E-state index is 0.226. The number of hydrogen-bond acceptors (Lipinski definition) is 6. The van der Waals surface area contributed by atoms with Gasteiger partial charge in [0.15, 0.2) is 5.82 Å². The lowest BCUT2D eigenvalue weighted by molar-refractivity contribution is 0.102. The van der Waals surface area contributed by atoms with Crippen LogP contribution >= 0.6 is 0 Å². The number of hydrogen-bond donors (Lipinski definition) is 1.